The molecule has 1 unspecified atom stereocenters. The molecule has 0 saturated carbocycles. The number of aliphatic imine (C=N–C) groups is 1. The SMILES string of the molecule is CCNC(=NCc1ccccc1COC)NCC(c1ccccc1)N1CCCC1.I. The molecule has 0 bridgehead atoms. The van der Waals surface area contributed by atoms with Crippen LogP contribution in [0.2, 0.25) is 0 Å². The molecule has 3 rings (SSSR count). The molecule has 5 nitrogen and oxygen atoms in total. The Kier molecular flexibility index (Phi) is 11.2. The Morgan fingerprint density at radius 1 is 1.00 bits per heavy atom. The third-order valence-electron chi connectivity index (χ3n) is 5.40. The molecule has 0 amide bonds. The minimum Gasteiger partial charge on any atom is -0.380 e. The van der Waals surface area contributed by atoms with Crippen LogP contribution in [-0.4, -0.2) is 44.1 Å². The predicted molar refractivity (Wildman–Crippen MR) is 135 cm³/mol. The van der Waals surface area contributed by atoms with E-state index in [4.69, 9.17) is 9.73 Å². The summed E-state index contributed by atoms with van der Waals surface area (Å²) in [6.45, 7) is 7.36. The highest BCUT2D eigenvalue weighted by Crippen LogP contribution is 2.24. The summed E-state index contributed by atoms with van der Waals surface area (Å²) in [4.78, 5) is 7.42. The number of hydrogen-bond acceptors (Lipinski definition) is 3. The molecule has 2 aromatic rings. The van der Waals surface area contributed by atoms with Gasteiger partial charge in [-0.15, -0.1) is 24.0 Å². The minimum atomic E-state index is 0. The summed E-state index contributed by atoms with van der Waals surface area (Å²) in [5.41, 5.74) is 3.75. The highest BCUT2D eigenvalue weighted by atomic mass is 127. The van der Waals surface area contributed by atoms with E-state index in [9.17, 15) is 0 Å². The van der Waals surface area contributed by atoms with Gasteiger partial charge in [-0.2, -0.15) is 0 Å². The second-order valence-electron chi connectivity index (χ2n) is 7.45. The third kappa shape index (κ3) is 7.25. The Bertz CT molecular complexity index is 763. The lowest BCUT2D eigenvalue weighted by atomic mass is 10.1. The van der Waals surface area contributed by atoms with Crippen molar-refractivity contribution < 1.29 is 4.74 Å². The topological polar surface area (TPSA) is 48.9 Å². The first-order valence-corrected chi connectivity index (χ1v) is 10.7. The standard InChI is InChI=1S/C24H34N4O.HI/c1-3-25-24(26-17-21-13-7-8-14-22(21)19-29-2)27-18-23(28-15-9-10-16-28)20-11-5-4-6-12-20;/h4-8,11-14,23H,3,9-10,15-19H2,1-2H3,(H2,25,26,27);1H. The van der Waals surface area contributed by atoms with Gasteiger partial charge in [0.1, 0.15) is 0 Å². The maximum Gasteiger partial charge on any atom is 0.191 e. The van der Waals surface area contributed by atoms with Crippen LogP contribution >= 0.6 is 24.0 Å². The molecule has 1 fully saturated rings. The van der Waals surface area contributed by atoms with Gasteiger partial charge in [0, 0.05) is 20.2 Å². The van der Waals surface area contributed by atoms with Gasteiger partial charge in [0.2, 0.25) is 0 Å². The summed E-state index contributed by atoms with van der Waals surface area (Å²) < 4.78 is 5.32. The van der Waals surface area contributed by atoms with Gasteiger partial charge in [0.15, 0.2) is 5.96 Å². The quantitative estimate of drug-likeness (QED) is 0.292. The number of likely N-dealkylation sites (tertiary alicyclic amines) is 1. The van der Waals surface area contributed by atoms with Crippen molar-refractivity contribution in [1.29, 1.82) is 0 Å². The zero-order valence-electron chi connectivity index (χ0n) is 18.1. The highest BCUT2D eigenvalue weighted by Gasteiger charge is 2.23. The Morgan fingerprint density at radius 3 is 2.33 bits per heavy atom. The molecule has 2 aromatic carbocycles. The number of methoxy groups -OCH3 is 1. The van der Waals surface area contributed by atoms with Gasteiger partial charge in [-0.25, -0.2) is 4.99 Å². The number of guanidine groups is 1. The van der Waals surface area contributed by atoms with Crippen molar-refractivity contribution in [2.24, 2.45) is 4.99 Å². The van der Waals surface area contributed by atoms with E-state index in [1.165, 1.54) is 42.6 Å². The van der Waals surface area contributed by atoms with Crippen LogP contribution < -0.4 is 10.6 Å². The number of benzene rings is 2. The van der Waals surface area contributed by atoms with Crippen molar-refractivity contribution in [3.8, 4) is 0 Å². The third-order valence-corrected chi connectivity index (χ3v) is 5.40. The van der Waals surface area contributed by atoms with Gasteiger partial charge in [-0.3, -0.25) is 4.90 Å². The molecule has 6 heteroatoms. The molecular weight excluding hydrogens is 487 g/mol. The molecule has 1 aliphatic rings. The maximum absolute atomic E-state index is 5.32. The first kappa shape index (κ1) is 24.6. The number of rotatable bonds is 9. The second-order valence-corrected chi connectivity index (χ2v) is 7.45. The molecule has 1 saturated heterocycles. The summed E-state index contributed by atoms with van der Waals surface area (Å²) in [5, 5.41) is 6.97. The molecule has 2 N–H and O–H groups in total. The van der Waals surface area contributed by atoms with Crippen LogP contribution in [-0.2, 0) is 17.9 Å². The van der Waals surface area contributed by atoms with Gasteiger partial charge in [-0.1, -0.05) is 54.6 Å². The summed E-state index contributed by atoms with van der Waals surface area (Å²) in [6, 6.07) is 19.5. The predicted octanol–water partition coefficient (Wildman–Crippen LogP) is 4.34. The molecule has 0 radical (unpaired) electrons. The van der Waals surface area contributed by atoms with E-state index >= 15 is 0 Å². The van der Waals surface area contributed by atoms with E-state index < -0.39 is 0 Å². The van der Waals surface area contributed by atoms with Crippen LogP contribution in [0.25, 0.3) is 0 Å². The fourth-order valence-corrected chi connectivity index (χ4v) is 3.89. The Balaban J connectivity index is 0.00000320. The highest BCUT2D eigenvalue weighted by molar-refractivity contribution is 14.0. The summed E-state index contributed by atoms with van der Waals surface area (Å²) in [7, 11) is 1.73. The van der Waals surface area contributed by atoms with Crippen molar-refractivity contribution in [1.82, 2.24) is 15.5 Å². The largest absolute Gasteiger partial charge is 0.380 e. The van der Waals surface area contributed by atoms with Crippen molar-refractivity contribution in [2.45, 2.75) is 39.0 Å². The number of ether oxygens (including phenoxy) is 1. The van der Waals surface area contributed by atoms with Gasteiger partial charge < -0.3 is 15.4 Å². The molecule has 0 aromatic heterocycles. The molecule has 1 heterocycles. The van der Waals surface area contributed by atoms with Crippen LogP contribution in [0.1, 0.15) is 42.5 Å². The molecule has 0 spiro atoms. The lowest BCUT2D eigenvalue weighted by Crippen LogP contribution is -2.42. The van der Waals surface area contributed by atoms with Crippen molar-refractivity contribution >= 4 is 29.9 Å². The Morgan fingerprint density at radius 2 is 1.67 bits per heavy atom. The normalized spacial score (nSPS) is 15.5. The van der Waals surface area contributed by atoms with Crippen LogP contribution in [0.4, 0.5) is 0 Å². The van der Waals surface area contributed by atoms with E-state index in [0.717, 1.165) is 19.0 Å². The van der Waals surface area contributed by atoms with Crippen molar-refractivity contribution in [3.63, 3.8) is 0 Å². The Labute approximate surface area is 198 Å². The fourth-order valence-electron chi connectivity index (χ4n) is 3.89. The van der Waals surface area contributed by atoms with Crippen molar-refractivity contribution in [2.75, 3.05) is 33.3 Å². The fraction of sp³-hybridized carbons (Fsp3) is 0.458. The Hall–Kier alpha value is -1.64. The first-order valence-electron chi connectivity index (χ1n) is 10.7. The monoisotopic (exact) mass is 522 g/mol. The number of nitrogens with one attached hydrogen (secondary N) is 2. The summed E-state index contributed by atoms with van der Waals surface area (Å²) >= 11 is 0. The first-order chi connectivity index (χ1) is 14.3. The lowest BCUT2D eigenvalue weighted by molar-refractivity contribution is 0.184. The summed E-state index contributed by atoms with van der Waals surface area (Å²) in [6.07, 6.45) is 2.57. The smallest absolute Gasteiger partial charge is 0.191 e. The number of nitrogens with zero attached hydrogens (tertiary/aromatic N) is 2. The van der Waals surface area contributed by atoms with Crippen LogP contribution in [0.15, 0.2) is 59.6 Å². The summed E-state index contributed by atoms with van der Waals surface area (Å²) in [5.74, 6) is 0.861. The minimum absolute atomic E-state index is 0. The second kappa shape index (κ2) is 13.6. The van der Waals surface area contributed by atoms with E-state index in [1.54, 1.807) is 7.11 Å². The van der Waals surface area contributed by atoms with E-state index in [1.807, 2.05) is 6.07 Å². The van der Waals surface area contributed by atoms with E-state index in [2.05, 4.69) is 71.0 Å². The average molecular weight is 522 g/mol. The molecule has 164 valence electrons. The van der Waals surface area contributed by atoms with E-state index in [0.29, 0.717) is 19.2 Å². The van der Waals surface area contributed by atoms with Crippen LogP contribution in [0.3, 0.4) is 0 Å². The zero-order chi connectivity index (χ0) is 20.3. The van der Waals surface area contributed by atoms with Gasteiger partial charge in [0.25, 0.3) is 0 Å². The molecule has 1 atom stereocenters. The van der Waals surface area contributed by atoms with Crippen molar-refractivity contribution in [3.05, 3.63) is 71.3 Å². The number of hydrogen-bond donors (Lipinski definition) is 2. The lowest BCUT2D eigenvalue weighted by Gasteiger charge is -2.29. The number of halogens is 1. The molecular formula is C24H35IN4O. The average Bonchev–Trinajstić information content (AvgIpc) is 3.28. The van der Waals surface area contributed by atoms with Gasteiger partial charge in [0.05, 0.1) is 19.2 Å². The zero-order valence-corrected chi connectivity index (χ0v) is 20.5. The van der Waals surface area contributed by atoms with Gasteiger partial charge >= 0.3 is 0 Å². The maximum atomic E-state index is 5.32. The molecule has 0 aliphatic carbocycles. The molecule has 30 heavy (non-hydrogen) atoms. The van der Waals surface area contributed by atoms with Crippen LogP contribution in [0.5, 0.6) is 0 Å². The molecule has 1 aliphatic heterocycles. The van der Waals surface area contributed by atoms with E-state index in [-0.39, 0.29) is 24.0 Å². The van der Waals surface area contributed by atoms with Gasteiger partial charge in [-0.05, 0) is 49.5 Å². The van der Waals surface area contributed by atoms with Crippen LogP contribution in [0, 0.1) is 0 Å².